The summed E-state index contributed by atoms with van der Waals surface area (Å²) in [4.78, 5) is 9.82. The third-order valence-electron chi connectivity index (χ3n) is 0.348. The summed E-state index contributed by atoms with van der Waals surface area (Å²) in [7, 11) is 0. The third-order valence-corrected chi connectivity index (χ3v) is 0.348. The average molecular weight is 231 g/mol. The molecule has 0 saturated carbocycles. The van der Waals surface area contributed by atoms with Crippen LogP contribution >= 0.6 is 34.8 Å². The first-order chi connectivity index (χ1) is 4.50. The van der Waals surface area contributed by atoms with Crippen LogP contribution in [-0.2, 0) is 9.53 Å². The molecule has 0 atom stereocenters. The van der Waals surface area contributed by atoms with E-state index < -0.39 is 4.30 Å². The molecule has 0 rings (SSSR count). The largest absolute Gasteiger partial charge is 1.00 e. The first-order valence-corrected chi connectivity index (χ1v) is 3.87. The van der Waals surface area contributed by atoms with E-state index in [9.17, 15) is 4.79 Å². The molecule has 0 N–H and O–H groups in total. The number of carbonyl (C=O) groups is 1. The van der Waals surface area contributed by atoms with E-state index in [1.54, 1.807) is 6.92 Å². The summed E-state index contributed by atoms with van der Waals surface area (Å²) in [5, 5.41) is 0. The van der Waals surface area contributed by atoms with E-state index in [1.165, 1.54) is 6.92 Å². The van der Waals surface area contributed by atoms with Gasteiger partial charge in [0.1, 0.15) is 0 Å². The maximum atomic E-state index is 9.82. The van der Waals surface area contributed by atoms with Gasteiger partial charge >= 0.3 is 35.5 Å². The van der Waals surface area contributed by atoms with Gasteiger partial charge in [-0.2, -0.15) is 0 Å². The van der Waals surface area contributed by atoms with Crippen molar-refractivity contribution in [3.63, 3.8) is 0 Å². The van der Waals surface area contributed by atoms with Crippen LogP contribution in [0.2, 0.25) is 0 Å². The Labute approximate surface area is 105 Å². The predicted molar refractivity (Wildman–Crippen MR) is 44.8 cm³/mol. The van der Waals surface area contributed by atoms with E-state index in [0.29, 0.717) is 6.61 Å². The number of carbonyl (C=O) groups excluding carboxylic acids is 1. The van der Waals surface area contributed by atoms with Gasteiger partial charge in [-0.1, -0.05) is 34.8 Å². The minimum Gasteiger partial charge on any atom is -1.00 e. The van der Waals surface area contributed by atoms with Crippen molar-refractivity contribution in [1.29, 1.82) is 0 Å². The second-order valence-corrected chi connectivity index (χ2v) is 3.15. The van der Waals surface area contributed by atoms with Gasteiger partial charge in [-0.3, -0.25) is 4.79 Å². The Morgan fingerprint density at radius 1 is 1.55 bits per heavy atom. The maximum Gasteiger partial charge on any atom is 1.00 e. The first kappa shape index (κ1) is 18.2. The Bertz CT molecular complexity index is 92.0. The summed E-state index contributed by atoms with van der Waals surface area (Å²) in [6, 6.07) is 0. The minimum atomic E-state index is -0.750. The van der Waals surface area contributed by atoms with E-state index in [4.69, 9.17) is 34.8 Å². The molecule has 0 aromatic carbocycles. The third kappa shape index (κ3) is 52.5. The fraction of sp³-hybridized carbons (Fsp3) is 0.800. The summed E-state index contributed by atoms with van der Waals surface area (Å²) in [6.45, 7) is 3.65. The SMILES string of the molecule is CCOC(C)=O.ClC(Cl)Cl.[H-].[Na+]. The van der Waals surface area contributed by atoms with Crippen molar-refractivity contribution in [2.24, 2.45) is 0 Å². The zero-order chi connectivity index (χ0) is 8.57. The Kier molecular flexibility index (Phi) is 23.0. The molecule has 0 aliphatic carbocycles. The molecule has 0 aromatic heterocycles. The fourth-order valence-electron chi connectivity index (χ4n) is 0.203. The summed E-state index contributed by atoms with van der Waals surface area (Å²) in [6.07, 6.45) is 0. The molecular weight excluding hydrogens is 221 g/mol. The topological polar surface area (TPSA) is 26.3 Å². The maximum absolute atomic E-state index is 9.82. The second-order valence-electron chi connectivity index (χ2n) is 1.17. The fourth-order valence-corrected chi connectivity index (χ4v) is 0.203. The number of hydrogen-bond acceptors (Lipinski definition) is 2. The number of alkyl halides is 3. The van der Waals surface area contributed by atoms with Crippen LogP contribution in [0.3, 0.4) is 0 Å². The smallest absolute Gasteiger partial charge is 1.00 e. The molecule has 0 aromatic rings. The van der Waals surface area contributed by atoms with Crippen LogP contribution < -0.4 is 29.6 Å². The van der Waals surface area contributed by atoms with Crippen LogP contribution in [0.15, 0.2) is 0 Å². The van der Waals surface area contributed by atoms with Gasteiger partial charge in [0, 0.05) is 6.92 Å². The molecular formula is C5H10Cl3NaO2. The molecule has 0 aliphatic rings. The second kappa shape index (κ2) is 13.9. The predicted octanol–water partition coefficient (Wildman–Crippen LogP) is -0.328. The molecule has 64 valence electrons. The molecule has 0 heterocycles. The Morgan fingerprint density at radius 2 is 1.82 bits per heavy atom. The number of halogens is 3. The van der Waals surface area contributed by atoms with Gasteiger partial charge in [0.2, 0.25) is 0 Å². The van der Waals surface area contributed by atoms with Crippen LogP contribution in [0.1, 0.15) is 15.3 Å². The van der Waals surface area contributed by atoms with E-state index in [1.807, 2.05) is 0 Å². The van der Waals surface area contributed by atoms with E-state index in [2.05, 4.69) is 4.74 Å². The molecule has 0 unspecified atom stereocenters. The van der Waals surface area contributed by atoms with Crippen LogP contribution in [0.25, 0.3) is 0 Å². The summed E-state index contributed by atoms with van der Waals surface area (Å²) in [5.41, 5.74) is 0. The number of ether oxygens (including phenoxy) is 1. The summed E-state index contributed by atoms with van der Waals surface area (Å²) < 4.78 is 3.65. The van der Waals surface area contributed by atoms with Crippen LogP contribution in [0, 0.1) is 0 Å². The molecule has 0 aliphatic heterocycles. The average Bonchev–Trinajstić information content (AvgIpc) is 1.62. The van der Waals surface area contributed by atoms with Gasteiger partial charge < -0.3 is 6.16 Å². The molecule has 0 fully saturated rings. The van der Waals surface area contributed by atoms with Crippen molar-refractivity contribution in [2.75, 3.05) is 6.61 Å². The quantitative estimate of drug-likeness (QED) is 0.351. The van der Waals surface area contributed by atoms with Crippen molar-refractivity contribution in [2.45, 2.75) is 18.1 Å². The Morgan fingerprint density at radius 3 is 1.82 bits per heavy atom. The van der Waals surface area contributed by atoms with Gasteiger partial charge in [-0.15, -0.1) is 0 Å². The van der Waals surface area contributed by atoms with Gasteiger partial charge in [-0.25, -0.2) is 0 Å². The Balaban J connectivity index is -0.0000000483. The van der Waals surface area contributed by atoms with Gasteiger partial charge in [-0.05, 0) is 6.92 Å². The van der Waals surface area contributed by atoms with E-state index >= 15 is 0 Å². The molecule has 0 spiro atoms. The van der Waals surface area contributed by atoms with Crippen molar-refractivity contribution in [1.82, 2.24) is 0 Å². The molecule has 0 saturated heterocycles. The van der Waals surface area contributed by atoms with E-state index in [-0.39, 0.29) is 37.0 Å². The molecule has 6 heteroatoms. The number of hydrogen-bond donors (Lipinski definition) is 0. The number of rotatable bonds is 1. The molecule has 0 radical (unpaired) electrons. The standard InChI is InChI=1S/C4H8O2.CHCl3.Na.H/c1-3-6-4(2)5;2-1(3)4;;/h3H2,1-2H3;1H;;/q;;+1;-1. The molecule has 0 amide bonds. The van der Waals surface area contributed by atoms with Gasteiger partial charge in [0.05, 0.1) is 6.61 Å². The summed E-state index contributed by atoms with van der Waals surface area (Å²) >= 11 is 14.4. The van der Waals surface area contributed by atoms with Crippen molar-refractivity contribution in [3.05, 3.63) is 0 Å². The van der Waals surface area contributed by atoms with Crippen LogP contribution in [-0.4, -0.2) is 16.9 Å². The zero-order valence-corrected chi connectivity index (χ0v) is 11.0. The van der Waals surface area contributed by atoms with E-state index in [0.717, 1.165) is 0 Å². The molecule has 11 heavy (non-hydrogen) atoms. The van der Waals surface area contributed by atoms with Crippen molar-refractivity contribution in [3.8, 4) is 0 Å². The zero-order valence-electron chi connectivity index (χ0n) is 7.73. The summed E-state index contributed by atoms with van der Waals surface area (Å²) in [5.74, 6) is -0.211. The normalized spacial score (nSPS) is 7.45. The minimum absolute atomic E-state index is 0. The Hall–Kier alpha value is 1.34. The first-order valence-electron chi connectivity index (χ1n) is 2.56. The van der Waals surface area contributed by atoms with Crippen molar-refractivity contribution >= 4 is 40.8 Å². The molecule has 2 nitrogen and oxygen atoms in total. The van der Waals surface area contributed by atoms with Gasteiger partial charge in [0.15, 0.2) is 4.30 Å². The monoisotopic (exact) mass is 230 g/mol. The van der Waals surface area contributed by atoms with Gasteiger partial charge in [0.25, 0.3) is 0 Å². The van der Waals surface area contributed by atoms with Crippen LogP contribution in [0.5, 0.6) is 0 Å². The molecule has 0 bridgehead atoms. The van der Waals surface area contributed by atoms with Crippen LogP contribution in [0.4, 0.5) is 0 Å². The van der Waals surface area contributed by atoms with Crippen molar-refractivity contribution < 1.29 is 40.5 Å². The number of esters is 1.